The fourth-order valence-corrected chi connectivity index (χ4v) is 3.63. The van der Waals surface area contributed by atoms with Crippen molar-refractivity contribution in [2.24, 2.45) is 5.92 Å². The van der Waals surface area contributed by atoms with Crippen molar-refractivity contribution < 1.29 is 4.74 Å². The molecule has 1 saturated heterocycles. The van der Waals surface area contributed by atoms with E-state index in [0.717, 1.165) is 25.6 Å². The lowest BCUT2D eigenvalue weighted by Crippen LogP contribution is -2.37. The maximum Gasteiger partial charge on any atom is 0.268 e. The minimum atomic E-state index is -0.606. The van der Waals surface area contributed by atoms with Crippen molar-refractivity contribution in [3.05, 3.63) is 45.7 Å². The summed E-state index contributed by atoms with van der Waals surface area (Å²) in [6.45, 7) is 5.98. The fourth-order valence-electron chi connectivity index (χ4n) is 3.63. The first-order valence-electron chi connectivity index (χ1n) is 9.35. The Morgan fingerprint density at radius 3 is 2.61 bits per heavy atom. The lowest BCUT2D eigenvalue weighted by Gasteiger charge is -2.30. The van der Waals surface area contributed by atoms with Gasteiger partial charge in [-0.2, -0.15) is 10.5 Å². The van der Waals surface area contributed by atoms with Gasteiger partial charge in [-0.25, -0.2) is 0 Å². The van der Waals surface area contributed by atoms with Crippen LogP contribution in [0.25, 0.3) is 11.1 Å². The molecule has 1 fully saturated rings. The molecule has 1 aromatic carbocycles. The van der Waals surface area contributed by atoms with E-state index in [9.17, 15) is 15.3 Å². The van der Waals surface area contributed by atoms with E-state index < -0.39 is 5.56 Å². The second kappa shape index (κ2) is 8.60. The van der Waals surface area contributed by atoms with Crippen LogP contribution in [0, 0.1) is 28.6 Å². The molecular weight excluding hydrogens is 354 g/mol. The van der Waals surface area contributed by atoms with Gasteiger partial charge in [0.05, 0.1) is 0 Å². The van der Waals surface area contributed by atoms with Gasteiger partial charge >= 0.3 is 0 Å². The Balaban J connectivity index is 1.74. The smallest absolute Gasteiger partial charge is 0.268 e. The molecule has 0 saturated carbocycles. The second-order valence-electron chi connectivity index (χ2n) is 7.14. The highest BCUT2D eigenvalue weighted by Gasteiger charge is 2.18. The fraction of sp³-hybridized carbons (Fsp3) is 0.381. The number of aromatic amines is 1. The number of nitrogens with one attached hydrogen (secondary N) is 1. The third kappa shape index (κ3) is 4.16. The predicted octanol–water partition coefficient (Wildman–Crippen LogP) is 2.48. The van der Waals surface area contributed by atoms with E-state index in [1.807, 2.05) is 12.1 Å². The van der Waals surface area contributed by atoms with E-state index in [1.165, 1.54) is 12.8 Å². The maximum absolute atomic E-state index is 12.0. The van der Waals surface area contributed by atoms with Gasteiger partial charge in [0.2, 0.25) is 0 Å². The van der Waals surface area contributed by atoms with Crippen molar-refractivity contribution >= 4 is 5.82 Å². The summed E-state index contributed by atoms with van der Waals surface area (Å²) in [6.07, 6.45) is 2.53. The second-order valence-corrected chi connectivity index (χ2v) is 7.14. The van der Waals surface area contributed by atoms with Crippen molar-refractivity contribution in [2.45, 2.75) is 19.8 Å². The number of nitrogen functional groups attached to an aromatic ring is 1. The average molecular weight is 377 g/mol. The first kappa shape index (κ1) is 19.5. The molecule has 1 aliphatic heterocycles. The summed E-state index contributed by atoms with van der Waals surface area (Å²) in [5, 5.41) is 18.7. The molecule has 1 atom stereocenters. The number of aromatic nitrogens is 1. The van der Waals surface area contributed by atoms with E-state index in [2.05, 4.69) is 16.8 Å². The molecule has 2 heterocycles. The van der Waals surface area contributed by atoms with E-state index in [4.69, 9.17) is 10.5 Å². The number of ether oxygens (including phenoxy) is 1. The Kier molecular flexibility index (Phi) is 5.98. The van der Waals surface area contributed by atoms with Gasteiger partial charge in [-0.3, -0.25) is 9.69 Å². The summed E-state index contributed by atoms with van der Waals surface area (Å²) < 4.78 is 5.83. The highest BCUT2D eigenvalue weighted by atomic mass is 16.5. The number of hydrogen-bond donors (Lipinski definition) is 2. The van der Waals surface area contributed by atoms with Crippen molar-refractivity contribution in [3.8, 4) is 29.0 Å². The third-order valence-corrected chi connectivity index (χ3v) is 5.03. The molecule has 1 aromatic heterocycles. The SMILES string of the molecule is CC1CCCN(CCOc2ccc(-c3c(C#N)c(N)[nH]c(=O)c3C#N)cc2)C1. The summed E-state index contributed by atoms with van der Waals surface area (Å²) in [5.74, 6) is 1.39. The first-order valence-corrected chi connectivity index (χ1v) is 9.35. The summed E-state index contributed by atoms with van der Waals surface area (Å²) >= 11 is 0. The molecule has 2 aromatic rings. The molecule has 0 amide bonds. The summed E-state index contributed by atoms with van der Waals surface area (Å²) in [4.78, 5) is 16.8. The topological polar surface area (TPSA) is 119 Å². The van der Waals surface area contributed by atoms with Crippen molar-refractivity contribution in [1.29, 1.82) is 10.5 Å². The Morgan fingerprint density at radius 1 is 1.25 bits per heavy atom. The quantitative estimate of drug-likeness (QED) is 0.826. The molecule has 7 nitrogen and oxygen atoms in total. The zero-order valence-corrected chi connectivity index (χ0v) is 15.9. The standard InChI is InChI=1S/C21H23N5O2/c1-14-3-2-8-26(13-14)9-10-28-16-6-4-15(5-7-16)19-17(11-22)20(24)25-21(27)18(19)12-23/h4-7,14H,2-3,8-10,13H2,1H3,(H3,24,25,27). The number of hydrogen-bond acceptors (Lipinski definition) is 6. The number of benzene rings is 1. The molecule has 3 N–H and O–H groups in total. The number of rotatable bonds is 5. The third-order valence-electron chi connectivity index (χ3n) is 5.03. The minimum absolute atomic E-state index is 0.0439. The summed E-state index contributed by atoms with van der Waals surface area (Å²) in [6, 6.07) is 10.8. The Labute approximate surface area is 164 Å². The molecule has 1 unspecified atom stereocenters. The zero-order valence-electron chi connectivity index (χ0n) is 15.9. The van der Waals surface area contributed by atoms with E-state index in [-0.39, 0.29) is 22.5 Å². The molecule has 3 rings (SSSR count). The van der Waals surface area contributed by atoms with Crippen LogP contribution < -0.4 is 16.0 Å². The van der Waals surface area contributed by atoms with Gasteiger partial charge in [0.25, 0.3) is 5.56 Å². The van der Waals surface area contributed by atoms with Crippen LogP contribution in [0.15, 0.2) is 29.1 Å². The number of pyridine rings is 1. The summed E-state index contributed by atoms with van der Waals surface area (Å²) in [5.41, 5.74) is 5.93. The predicted molar refractivity (Wildman–Crippen MR) is 107 cm³/mol. The summed E-state index contributed by atoms with van der Waals surface area (Å²) in [7, 11) is 0. The number of likely N-dealkylation sites (tertiary alicyclic amines) is 1. The van der Waals surface area contributed by atoms with Gasteiger partial charge in [-0.15, -0.1) is 0 Å². The van der Waals surface area contributed by atoms with Gasteiger partial charge in [-0.05, 0) is 43.0 Å². The Hall–Kier alpha value is -3.29. The van der Waals surface area contributed by atoms with E-state index in [0.29, 0.717) is 17.9 Å². The molecule has 0 bridgehead atoms. The maximum atomic E-state index is 12.0. The van der Waals surface area contributed by atoms with Crippen LogP contribution in [0.2, 0.25) is 0 Å². The highest BCUT2D eigenvalue weighted by Crippen LogP contribution is 2.29. The molecule has 0 radical (unpaired) electrons. The van der Waals surface area contributed by atoms with Crippen molar-refractivity contribution in [3.63, 3.8) is 0 Å². The van der Waals surface area contributed by atoms with Crippen LogP contribution in [0.5, 0.6) is 5.75 Å². The van der Waals surface area contributed by atoms with Crippen LogP contribution in [-0.4, -0.2) is 36.1 Å². The first-order chi connectivity index (χ1) is 13.5. The van der Waals surface area contributed by atoms with Crippen LogP contribution >= 0.6 is 0 Å². The number of anilines is 1. The number of nitrogens with zero attached hydrogens (tertiary/aromatic N) is 3. The molecule has 0 spiro atoms. The van der Waals surface area contributed by atoms with E-state index in [1.54, 1.807) is 24.3 Å². The van der Waals surface area contributed by atoms with Gasteiger partial charge in [0.15, 0.2) is 0 Å². The van der Waals surface area contributed by atoms with Crippen LogP contribution in [0.3, 0.4) is 0 Å². The van der Waals surface area contributed by atoms with E-state index >= 15 is 0 Å². The van der Waals surface area contributed by atoms with Crippen molar-refractivity contribution in [1.82, 2.24) is 9.88 Å². The van der Waals surface area contributed by atoms with Crippen LogP contribution in [-0.2, 0) is 0 Å². The number of piperidine rings is 1. The molecular formula is C21H23N5O2. The average Bonchev–Trinajstić information content (AvgIpc) is 2.68. The monoisotopic (exact) mass is 377 g/mol. The minimum Gasteiger partial charge on any atom is -0.492 e. The molecule has 0 aliphatic carbocycles. The molecule has 1 aliphatic rings. The molecule has 7 heteroatoms. The number of nitrogens with two attached hydrogens (primary N) is 1. The van der Waals surface area contributed by atoms with Gasteiger partial charge in [0, 0.05) is 18.7 Å². The normalized spacial score (nSPS) is 16.9. The van der Waals surface area contributed by atoms with Gasteiger partial charge < -0.3 is 15.5 Å². The van der Waals surface area contributed by atoms with Crippen molar-refractivity contribution in [2.75, 3.05) is 32.0 Å². The van der Waals surface area contributed by atoms with Crippen LogP contribution in [0.1, 0.15) is 30.9 Å². The zero-order chi connectivity index (χ0) is 20.1. The molecule has 144 valence electrons. The largest absolute Gasteiger partial charge is 0.492 e. The van der Waals surface area contributed by atoms with Gasteiger partial charge in [-0.1, -0.05) is 19.1 Å². The Bertz CT molecular complexity index is 982. The van der Waals surface area contributed by atoms with Crippen LogP contribution in [0.4, 0.5) is 5.82 Å². The highest BCUT2D eigenvalue weighted by molar-refractivity contribution is 5.80. The lowest BCUT2D eigenvalue weighted by molar-refractivity contribution is 0.153. The number of H-pyrrole nitrogens is 1. The number of nitriles is 2. The Morgan fingerprint density at radius 2 is 1.96 bits per heavy atom. The molecule has 28 heavy (non-hydrogen) atoms. The van der Waals surface area contributed by atoms with Gasteiger partial charge in [0.1, 0.15) is 41.4 Å². The lowest BCUT2D eigenvalue weighted by atomic mass is 9.96.